The maximum absolute atomic E-state index is 12.4. The molecule has 4 amide bonds. The largest absolute Gasteiger partial charge is 0.481 e. The Kier molecular flexibility index (Phi) is 24.9. The van der Waals surface area contributed by atoms with Crippen LogP contribution in [0.5, 0.6) is 0 Å². The second kappa shape index (κ2) is 26.5. The number of carboxylic acids is 1. The van der Waals surface area contributed by atoms with Gasteiger partial charge in [-0.25, -0.2) is 0 Å². The Morgan fingerprint density at radius 2 is 1.46 bits per heavy atom. The molecule has 0 aliphatic rings. The summed E-state index contributed by atoms with van der Waals surface area (Å²) in [4.78, 5) is 57.9. The summed E-state index contributed by atoms with van der Waals surface area (Å²) in [7, 11) is 0. The molecule has 0 unspecified atom stereocenters. The van der Waals surface area contributed by atoms with E-state index < -0.39 is 23.8 Å². The van der Waals surface area contributed by atoms with E-state index in [2.05, 4.69) is 16.0 Å². The molecule has 0 bridgehead atoms. The third-order valence-corrected chi connectivity index (χ3v) is 7.16. The van der Waals surface area contributed by atoms with Crippen molar-refractivity contribution in [3.05, 3.63) is 0 Å². The number of hydrogen-bond acceptors (Lipinski definition) is 9. The number of carboxylic acid groups (broad SMARTS) is 1. The van der Waals surface area contributed by atoms with E-state index in [4.69, 9.17) is 26.0 Å². The van der Waals surface area contributed by atoms with Crippen molar-refractivity contribution in [2.45, 2.75) is 77.2 Å². The third kappa shape index (κ3) is 25.0. The SMILES string of the molecule is C[C@@H](CSCC(N)=O)C(=O)N[C@@H](CCN)C(=O)NCCOCCOCC(=O)NCCCCCCCCCCC(=O)O. The van der Waals surface area contributed by atoms with Gasteiger partial charge in [0.25, 0.3) is 0 Å². The molecule has 8 N–H and O–H groups in total. The van der Waals surface area contributed by atoms with Crippen LogP contribution in [0.15, 0.2) is 0 Å². The van der Waals surface area contributed by atoms with Crippen molar-refractivity contribution in [2.75, 3.05) is 57.6 Å². The van der Waals surface area contributed by atoms with Crippen LogP contribution in [0.25, 0.3) is 0 Å². The van der Waals surface area contributed by atoms with Gasteiger partial charge in [-0.15, -0.1) is 0 Å². The Morgan fingerprint density at radius 1 is 0.829 bits per heavy atom. The molecule has 0 rings (SSSR count). The zero-order chi connectivity index (χ0) is 30.7. The lowest BCUT2D eigenvalue weighted by Gasteiger charge is -2.20. The molecule has 13 nitrogen and oxygen atoms in total. The first-order valence-electron chi connectivity index (χ1n) is 14.5. The first-order chi connectivity index (χ1) is 19.7. The summed E-state index contributed by atoms with van der Waals surface area (Å²) in [6, 6.07) is -0.764. The van der Waals surface area contributed by atoms with Crippen LogP contribution in [-0.2, 0) is 33.4 Å². The highest BCUT2D eigenvalue weighted by atomic mass is 32.2. The highest BCUT2D eigenvalue weighted by Gasteiger charge is 2.22. The van der Waals surface area contributed by atoms with Gasteiger partial charge in [0.2, 0.25) is 23.6 Å². The van der Waals surface area contributed by atoms with E-state index in [0.717, 1.165) is 51.4 Å². The number of amides is 4. The van der Waals surface area contributed by atoms with E-state index in [-0.39, 0.29) is 75.8 Å². The van der Waals surface area contributed by atoms with Crippen LogP contribution in [0, 0.1) is 5.92 Å². The minimum atomic E-state index is -0.764. The van der Waals surface area contributed by atoms with E-state index >= 15 is 0 Å². The lowest BCUT2D eigenvalue weighted by molar-refractivity contribution is -0.137. The molecule has 0 spiro atoms. The molecular weight excluding hydrogens is 554 g/mol. The topological polar surface area (TPSA) is 212 Å². The Labute approximate surface area is 248 Å². The number of nitrogens with one attached hydrogen (secondary N) is 3. The molecule has 0 saturated heterocycles. The Hall–Kier alpha value is -2.42. The van der Waals surface area contributed by atoms with Gasteiger partial charge in [-0.3, -0.25) is 24.0 Å². The van der Waals surface area contributed by atoms with Crippen molar-refractivity contribution in [3.63, 3.8) is 0 Å². The first-order valence-corrected chi connectivity index (χ1v) is 15.6. The fourth-order valence-corrected chi connectivity index (χ4v) is 4.48. The van der Waals surface area contributed by atoms with Crippen LogP contribution >= 0.6 is 11.8 Å². The molecule has 0 fully saturated rings. The van der Waals surface area contributed by atoms with E-state index in [1.165, 1.54) is 11.8 Å². The number of carbonyl (C=O) groups excluding carboxylic acids is 4. The molecule has 0 heterocycles. The summed E-state index contributed by atoms with van der Waals surface area (Å²) >= 11 is 1.26. The molecule has 0 aliphatic heterocycles. The molecule has 0 saturated carbocycles. The molecule has 41 heavy (non-hydrogen) atoms. The molecule has 14 heteroatoms. The number of carbonyl (C=O) groups is 5. The predicted molar refractivity (Wildman–Crippen MR) is 158 cm³/mol. The molecular formula is C27H51N5O8S. The summed E-state index contributed by atoms with van der Waals surface area (Å²) in [5.41, 5.74) is 10.7. The van der Waals surface area contributed by atoms with E-state index in [1.807, 2.05) is 0 Å². The van der Waals surface area contributed by atoms with Crippen molar-refractivity contribution in [2.24, 2.45) is 17.4 Å². The van der Waals surface area contributed by atoms with Crippen LogP contribution in [0.3, 0.4) is 0 Å². The zero-order valence-electron chi connectivity index (χ0n) is 24.5. The predicted octanol–water partition coefficient (Wildman–Crippen LogP) is 0.536. The van der Waals surface area contributed by atoms with Crippen molar-refractivity contribution < 1.29 is 38.6 Å². The van der Waals surface area contributed by atoms with E-state index in [0.29, 0.717) is 12.3 Å². The number of aliphatic carboxylic acids is 1. The molecule has 0 radical (unpaired) electrons. The number of hydrogen-bond donors (Lipinski definition) is 6. The summed E-state index contributed by atoms with van der Waals surface area (Å²) in [6.07, 6.45) is 8.59. The molecule has 0 aromatic rings. The number of rotatable bonds is 28. The number of unbranched alkanes of at least 4 members (excludes halogenated alkanes) is 7. The van der Waals surface area contributed by atoms with Gasteiger partial charge >= 0.3 is 5.97 Å². The van der Waals surface area contributed by atoms with Gasteiger partial charge in [0.15, 0.2) is 0 Å². The van der Waals surface area contributed by atoms with Crippen LogP contribution in [0.2, 0.25) is 0 Å². The fourth-order valence-electron chi connectivity index (χ4n) is 3.66. The minimum Gasteiger partial charge on any atom is -0.481 e. The van der Waals surface area contributed by atoms with Gasteiger partial charge in [0.05, 0.1) is 25.6 Å². The highest BCUT2D eigenvalue weighted by molar-refractivity contribution is 7.99. The van der Waals surface area contributed by atoms with Gasteiger partial charge in [-0.2, -0.15) is 11.8 Å². The van der Waals surface area contributed by atoms with Gasteiger partial charge in [-0.1, -0.05) is 45.4 Å². The van der Waals surface area contributed by atoms with Crippen molar-refractivity contribution in [1.29, 1.82) is 0 Å². The van der Waals surface area contributed by atoms with Gasteiger partial charge in [0.1, 0.15) is 12.6 Å². The van der Waals surface area contributed by atoms with Crippen LogP contribution in [0.4, 0.5) is 0 Å². The van der Waals surface area contributed by atoms with Crippen molar-refractivity contribution >= 4 is 41.4 Å². The third-order valence-electron chi connectivity index (χ3n) is 5.94. The Morgan fingerprint density at radius 3 is 2.10 bits per heavy atom. The monoisotopic (exact) mass is 605 g/mol. The summed E-state index contributed by atoms with van der Waals surface area (Å²) < 4.78 is 10.7. The Bertz CT molecular complexity index is 759. The molecule has 0 aliphatic carbocycles. The molecule has 2 atom stereocenters. The van der Waals surface area contributed by atoms with Gasteiger partial charge in [0, 0.05) is 31.2 Å². The molecule has 0 aromatic heterocycles. The lowest BCUT2D eigenvalue weighted by Crippen LogP contribution is -2.49. The highest BCUT2D eigenvalue weighted by Crippen LogP contribution is 2.10. The second-order valence-corrected chi connectivity index (χ2v) is 10.8. The Balaban J connectivity index is 3.75. The zero-order valence-corrected chi connectivity index (χ0v) is 25.3. The quantitative estimate of drug-likeness (QED) is 0.0681. The summed E-state index contributed by atoms with van der Waals surface area (Å²) in [5, 5.41) is 16.8. The standard InChI is InChI=1S/C27H51N5O8S/c1-21(19-41-20-23(29)33)26(37)32-22(11-12-28)27(38)31-14-15-39-16-17-40-18-24(34)30-13-9-7-5-3-2-4-6-8-10-25(35)36/h21-22H,2-20,28H2,1H3,(H2,29,33)(H,30,34)(H,31,38)(H,32,37)(H,35,36)/t21-,22-/m0/s1. The average Bonchev–Trinajstić information content (AvgIpc) is 2.92. The summed E-state index contributed by atoms with van der Waals surface area (Å²) in [5.74, 6) is -1.88. The van der Waals surface area contributed by atoms with Gasteiger partial charge < -0.3 is 42.0 Å². The number of nitrogens with two attached hydrogens (primary N) is 2. The van der Waals surface area contributed by atoms with Crippen LogP contribution in [0.1, 0.15) is 71.1 Å². The minimum absolute atomic E-state index is 0.0453. The smallest absolute Gasteiger partial charge is 0.303 e. The number of ether oxygens (including phenoxy) is 2. The first kappa shape index (κ1) is 38.6. The van der Waals surface area contributed by atoms with Gasteiger partial charge in [-0.05, 0) is 25.8 Å². The normalized spacial score (nSPS) is 12.3. The fraction of sp³-hybridized carbons (Fsp3) is 0.815. The van der Waals surface area contributed by atoms with Crippen molar-refractivity contribution in [3.8, 4) is 0 Å². The second-order valence-electron chi connectivity index (χ2n) is 9.80. The maximum atomic E-state index is 12.4. The number of thioether (sulfide) groups is 1. The average molecular weight is 606 g/mol. The lowest BCUT2D eigenvalue weighted by atomic mass is 10.1. The molecule has 238 valence electrons. The molecule has 0 aromatic carbocycles. The van der Waals surface area contributed by atoms with Crippen molar-refractivity contribution in [1.82, 2.24) is 16.0 Å². The van der Waals surface area contributed by atoms with E-state index in [9.17, 15) is 24.0 Å². The number of primary amides is 1. The van der Waals surface area contributed by atoms with Crippen LogP contribution < -0.4 is 27.4 Å². The van der Waals surface area contributed by atoms with E-state index in [1.54, 1.807) is 6.92 Å². The summed E-state index contributed by atoms with van der Waals surface area (Å²) in [6.45, 7) is 3.49. The van der Waals surface area contributed by atoms with Crippen LogP contribution in [-0.4, -0.2) is 98.3 Å². The maximum Gasteiger partial charge on any atom is 0.303 e.